The van der Waals surface area contributed by atoms with E-state index in [0.717, 1.165) is 29.3 Å². The van der Waals surface area contributed by atoms with Gasteiger partial charge in [-0.15, -0.1) is 10.2 Å². The number of rotatable bonds is 4. The van der Waals surface area contributed by atoms with Gasteiger partial charge >= 0.3 is 0 Å². The second-order valence-electron chi connectivity index (χ2n) is 7.53. The van der Waals surface area contributed by atoms with Gasteiger partial charge in [-0.3, -0.25) is 14.5 Å². The second kappa shape index (κ2) is 8.80. The van der Waals surface area contributed by atoms with Crippen LogP contribution in [0, 0.1) is 0 Å². The number of imide groups is 1. The third-order valence-electron chi connectivity index (χ3n) is 5.45. The normalized spacial score (nSPS) is 17.0. The quantitative estimate of drug-likeness (QED) is 0.416. The molecule has 0 bridgehead atoms. The molecule has 1 fully saturated rings. The number of halogens is 1. The Labute approximate surface area is 193 Å². The average Bonchev–Trinajstić information content (AvgIpc) is 3.40. The topological polar surface area (TPSA) is 92.1 Å². The van der Waals surface area contributed by atoms with Crippen LogP contribution in [0.2, 0.25) is 5.02 Å². The predicted octanol–water partition coefficient (Wildman–Crippen LogP) is 5.18. The highest BCUT2D eigenvalue weighted by Crippen LogP contribution is 2.33. The van der Waals surface area contributed by atoms with Gasteiger partial charge in [0, 0.05) is 34.2 Å². The van der Waals surface area contributed by atoms with Crippen LogP contribution in [0.3, 0.4) is 0 Å². The van der Waals surface area contributed by atoms with Crippen LogP contribution in [0.15, 0.2) is 64.4 Å². The van der Waals surface area contributed by atoms with Crippen molar-refractivity contribution in [1.82, 2.24) is 20.1 Å². The van der Waals surface area contributed by atoms with Gasteiger partial charge in [0.15, 0.2) is 0 Å². The van der Waals surface area contributed by atoms with Gasteiger partial charge in [0.2, 0.25) is 5.91 Å². The number of hydrogen-bond donors (Lipinski definition) is 1. The Kier molecular flexibility index (Phi) is 5.71. The van der Waals surface area contributed by atoms with E-state index in [9.17, 15) is 9.59 Å². The summed E-state index contributed by atoms with van der Waals surface area (Å²) < 4.78 is 5.87. The molecule has 2 aromatic carbocycles. The standard InChI is InChI=1S/C23H19ClN4O3S/c24-15-10-8-14(9-11-15)21(29)28-12-4-3-7-19(22(28)30)32-23-27-26-20(31-23)17-13-25-18-6-2-1-5-16(17)18/h1-2,5-6,8-11,13,19,25H,3-4,7,12H2/t19-/m1/s1. The third kappa shape index (κ3) is 4.03. The molecule has 1 aliphatic rings. The molecule has 1 aliphatic heterocycles. The van der Waals surface area contributed by atoms with E-state index in [0.29, 0.717) is 34.7 Å². The number of carbonyl (C=O) groups excluding carboxylic acids is 2. The molecule has 1 atom stereocenters. The Morgan fingerprint density at radius 3 is 2.78 bits per heavy atom. The fourth-order valence-electron chi connectivity index (χ4n) is 3.80. The maximum Gasteiger partial charge on any atom is 0.277 e. The third-order valence-corrected chi connectivity index (χ3v) is 6.79. The molecule has 5 rings (SSSR count). The van der Waals surface area contributed by atoms with E-state index in [2.05, 4.69) is 15.2 Å². The minimum Gasteiger partial charge on any atom is -0.411 e. The summed E-state index contributed by atoms with van der Waals surface area (Å²) in [4.78, 5) is 30.7. The Balaban J connectivity index is 1.35. The number of hydrogen-bond acceptors (Lipinski definition) is 6. The monoisotopic (exact) mass is 466 g/mol. The number of amides is 2. The van der Waals surface area contributed by atoms with E-state index in [1.54, 1.807) is 24.3 Å². The molecule has 3 heterocycles. The van der Waals surface area contributed by atoms with Gasteiger partial charge in [0.25, 0.3) is 17.0 Å². The minimum atomic E-state index is -0.468. The first kappa shape index (κ1) is 20.8. The molecule has 0 aliphatic carbocycles. The summed E-state index contributed by atoms with van der Waals surface area (Å²) in [6.45, 7) is 0.391. The molecule has 162 valence electrons. The summed E-state index contributed by atoms with van der Waals surface area (Å²) in [5, 5.41) is 9.68. The lowest BCUT2D eigenvalue weighted by molar-refractivity contribution is -0.127. The molecule has 1 N–H and O–H groups in total. The molecule has 32 heavy (non-hydrogen) atoms. The highest BCUT2D eigenvalue weighted by atomic mass is 35.5. The van der Waals surface area contributed by atoms with Gasteiger partial charge in [0.05, 0.1) is 10.8 Å². The Morgan fingerprint density at radius 2 is 1.94 bits per heavy atom. The number of carbonyl (C=O) groups is 2. The molecule has 2 aromatic heterocycles. The van der Waals surface area contributed by atoms with Crippen molar-refractivity contribution in [3.05, 3.63) is 65.3 Å². The lowest BCUT2D eigenvalue weighted by Crippen LogP contribution is -2.41. The zero-order valence-electron chi connectivity index (χ0n) is 17.0. The first-order chi connectivity index (χ1) is 15.6. The Hall–Kier alpha value is -3.10. The Bertz CT molecular complexity index is 1280. The summed E-state index contributed by atoms with van der Waals surface area (Å²) >= 11 is 7.13. The highest BCUT2D eigenvalue weighted by Gasteiger charge is 2.33. The predicted molar refractivity (Wildman–Crippen MR) is 123 cm³/mol. The van der Waals surface area contributed by atoms with Crippen LogP contribution in [0.5, 0.6) is 0 Å². The number of thioether (sulfide) groups is 1. The van der Waals surface area contributed by atoms with Crippen LogP contribution in [0.25, 0.3) is 22.4 Å². The van der Waals surface area contributed by atoms with Crippen molar-refractivity contribution in [3.63, 3.8) is 0 Å². The number of nitrogens with zero attached hydrogens (tertiary/aromatic N) is 3. The molecule has 0 spiro atoms. The first-order valence-electron chi connectivity index (χ1n) is 10.3. The molecule has 0 radical (unpaired) electrons. The van der Waals surface area contributed by atoms with Crippen LogP contribution in [-0.4, -0.2) is 43.7 Å². The molecule has 7 nitrogen and oxygen atoms in total. The first-order valence-corrected chi connectivity index (χ1v) is 11.5. The molecule has 9 heteroatoms. The van der Waals surface area contributed by atoms with Gasteiger partial charge in [-0.2, -0.15) is 0 Å². The van der Waals surface area contributed by atoms with E-state index in [1.165, 1.54) is 16.7 Å². The number of benzene rings is 2. The van der Waals surface area contributed by atoms with E-state index < -0.39 is 5.25 Å². The van der Waals surface area contributed by atoms with Crippen molar-refractivity contribution >= 4 is 46.1 Å². The van der Waals surface area contributed by atoms with Crippen LogP contribution in [0.1, 0.15) is 29.6 Å². The fourth-order valence-corrected chi connectivity index (χ4v) is 4.90. The Morgan fingerprint density at radius 1 is 1.12 bits per heavy atom. The molecule has 0 unspecified atom stereocenters. The van der Waals surface area contributed by atoms with Crippen molar-refractivity contribution in [2.24, 2.45) is 0 Å². The van der Waals surface area contributed by atoms with Crippen molar-refractivity contribution < 1.29 is 14.0 Å². The van der Waals surface area contributed by atoms with E-state index in [-0.39, 0.29) is 11.8 Å². The molecule has 2 amide bonds. The van der Waals surface area contributed by atoms with E-state index in [4.69, 9.17) is 16.0 Å². The van der Waals surface area contributed by atoms with Gasteiger partial charge < -0.3 is 9.40 Å². The molecule has 4 aromatic rings. The number of H-pyrrole nitrogens is 1. The summed E-state index contributed by atoms with van der Waals surface area (Å²) in [5.41, 5.74) is 2.23. The number of likely N-dealkylation sites (tertiary alicyclic amines) is 1. The number of aromatic nitrogens is 3. The maximum atomic E-state index is 13.2. The van der Waals surface area contributed by atoms with Crippen LogP contribution < -0.4 is 0 Å². The second-order valence-corrected chi connectivity index (χ2v) is 9.12. The van der Waals surface area contributed by atoms with Gasteiger partial charge in [-0.05, 0) is 43.2 Å². The van der Waals surface area contributed by atoms with Crippen molar-refractivity contribution in [1.29, 1.82) is 0 Å². The molecular formula is C23H19ClN4O3S. The minimum absolute atomic E-state index is 0.237. The van der Waals surface area contributed by atoms with Crippen molar-refractivity contribution in [2.45, 2.75) is 29.7 Å². The largest absolute Gasteiger partial charge is 0.411 e. The van der Waals surface area contributed by atoms with Gasteiger partial charge in [-0.25, -0.2) is 0 Å². The SMILES string of the molecule is O=C(c1ccc(Cl)cc1)N1CCCC[C@@H](Sc2nnc(-c3c[nH]c4ccccc34)o2)C1=O. The number of nitrogens with one attached hydrogen (secondary N) is 1. The summed E-state index contributed by atoms with van der Waals surface area (Å²) in [6, 6.07) is 14.4. The number of aromatic amines is 1. The van der Waals surface area contributed by atoms with Crippen molar-refractivity contribution in [2.75, 3.05) is 6.54 Å². The average molecular weight is 467 g/mol. The van der Waals surface area contributed by atoms with Crippen LogP contribution in [0.4, 0.5) is 0 Å². The lowest BCUT2D eigenvalue weighted by atomic mass is 10.2. The van der Waals surface area contributed by atoms with Crippen LogP contribution in [-0.2, 0) is 4.79 Å². The fraction of sp³-hybridized carbons (Fsp3) is 0.217. The lowest BCUT2D eigenvalue weighted by Gasteiger charge is -2.21. The summed E-state index contributed by atoms with van der Waals surface area (Å²) in [6.07, 6.45) is 4.05. The summed E-state index contributed by atoms with van der Waals surface area (Å²) in [5.74, 6) is -0.163. The summed E-state index contributed by atoms with van der Waals surface area (Å²) in [7, 11) is 0. The maximum absolute atomic E-state index is 13.2. The molecule has 0 saturated carbocycles. The van der Waals surface area contributed by atoms with Gasteiger partial charge in [0.1, 0.15) is 0 Å². The van der Waals surface area contributed by atoms with Gasteiger partial charge in [-0.1, -0.05) is 48.0 Å². The molecular weight excluding hydrogens is 448 g/mol. The van der Waals surface area contributed by atoms with Crippen LogP contribution >= 0.6 is 23.4 Å². The van der Waals surface area contributed by atoms with E-state index >= 15 is 0 Å². The number of fused-ring (bicyclic) bond motifs is 1. The highest BCUT2D eigenvalue weighted by molar-refractivity contribution is 8.00. The zero-order chi connectivity index (χ0) is 22.1. The van der Waals surface area contributed by atoms with Crippen molar-refractivity contribution in [3.8, 4) is 11.5 Å². The smallest absolute Gasteiger partial charge is 0.277 e. The number of para-hydroxylation sites is 1. The zero-order valence-corrected chi connectivity index (χ0v) is 18.5. The molecule has 1 saturated heterocycles. The van der Waals surface area contributed by atoms with E-state index in [1.807, 2.05) is 30.5 Å².